The highest BCUT2D eigenvalue weighted by molar-refractivity contribution is 5.61. The lowest BCUT2D eigenvalue weighted by molar-refractivity contribution is 0.718. The summed E-state index contributed by atoms with van der Waals surface area (Å²) in [6.45, 7) is 8.16. The Hall–Kier alpha value is -1.24. The van der Waals surface area contributed by atoms with E-state index in [0.717, 1.165) is 11.3 Å². The van der Waals surface area contributed by atoms with Crippen molar-refractivity contribution < 1.29 is 0 Å². The summed E-state index contributed by atoms with van der Waals surface area (Å²) in [5, 5.41) is 3.26. The smallest absolute Gasteiger partial charge is 0.0342 e. The van der Waals surface area contributed by atoms with E-state index in [1.807, 2.05) is 18.2 Å². The van der Waals surface area contributed by atoms with Gasteiger partial charge in [-0.2, -0.15) is 0 Å². The second-order valence-electron chi connectivity index (χ2n) is 3.14. The molecule has 0 aliphatic carbocycles. The van der Waals surface area contributed by atoms with Crippen molar-refractivity contribution in [2.24, 2.45) is 0 Å². The zero-order chi connectivity index (χ0) is 8.97. The summed E-state index contributed by atoms with van der Waals surface area (Å²) in [7, 11) is 0. The maximum atomic E-state index is 3.95. The van der Waals surface area contributed by atoms with E-state index < -0.39 is 0 Å². The molecule has 1 aromatic carbocycles. The second kappa shape index (κ2) is 3.96. The zero-order valence-electron chi connectivity index (χ0n) is 7.67. The summed E-state index contributed by atoms with van der Waals surface area (Å²) in [6, 6.07) is 10.6. The third kappa shape index (κ3) is 2.42. The zero-order valence-corrected chi connectivity index (χ0v) is 7.67. The standard InChI is InChI=1S/C11H15N/c1-9(2)12-10(3)11-7-5-4-6-8-11/h4-9,12H,3H2,1-2H3. The summed E-state index contributed by atoms with van der Waals surface area (Å²) >= 11 is 0. The molecule has 0 saturated heterocycles. The van der Waals surface area contributed by atoms with E-state index in [4.69, 9.17) is 0 Å². The minimum atomic E-state index is 0.442. The van der Waals surface area contributed by atoms with Gasteiger partial charge >= 0.3 is 0 Å². The summed E-state index contributed by atoms with van der Waals surface area (Å²) in [4.78, 5) is 0. The fourth-order valence-electron chi connectivity index (χ4n) is 1.07. The first-order valence-electron chi connectivity index (χ1n) is 4.21. The maximum Gasteiger partial charge on any atom is 0.0342 e. The topological polar surface area (TPSA) is 12.0 Å². The van der Waals surface area contributed by atoms with E-state index in [2.05, 4.69) is 37.9 Å². The number of rotatable bonds is 3. The molecule has 0 aliphatic heterocycles. The molecule has 0 saturated carbocycles. The minimum Gasteiger partial charge on any atom is -0.383 e. The van der Waals surface area contributed by atoms with Crippen LogP contribution in [0, 0.1) is 0 Å². The fourth-order valence-corrected chi connectivity index (χ4v) is 1.07. The van der Waals surface area contributed by atoms with Gasteiger partial charge < -0.3 is 5.32 Å². The molecule has 64 valence electrons. The lowest BCUT2D eigenvalue weighted by Gasteiger charge is -2.12. The van der Waals surface area contributed by atoms with Gasteiger partial charge in [0.05, 0.1) is 0 Å². The lowest BCUT2D eigenvalue weighted by Crippen LogP contribution is -2.20. The summed E-state index contributed by atoms with van der Waals surface area (Å²) in [5.74, 6) is 0. The molecule has 0 unspecified atom stereocenters. The van der Waals surface area contributed by atoms with E-state index in [0.29, 0.717) is 6.04 Å². The van der Waals surface area contributed by atoms with Crippen LogP contribution in [0.2, 0.25) is 0 Å². The van der Waals surface area contributed by atoms with Crippen LogP contribution in [-0.2, 0) is 0 Å². The van der Waals surface area contributed by atoms with Crippen molar-refractivity contribution in [2.45, 2.75) is 19.9 Å². The van der Waals surface area contributed by atoms with Crippen molar-refractivity contribution >= 4 is 5.70 Å². The Morgan fingerprint density at radius 3 is 2.33 bits per heavy atom. The van der Waals surface area contributed by atoms with Gasteiger partial charge in [-0.05, 0) is 19.4 Å². The number of benzene rings is 1. The van der Waals surface area contributed by atoms with Crippen LogP contribution in [0.5, 0.6) is 0 Å². The largest absolute Gasteiger partial charge is 0.383 e. The first kappa shape index (κ1) is 8.85. The van der Waals surface area contributed by atoms with Crippen LogP contribution < -0.4 is 5.32 Å². The van der Waals surface area contributed by atoms with Gasteiger partial charge in [0.25, 0.3) is 0 Å². The predicted octanol–water partition coefficient (Wildman–Crippen LogP) is 2.66. The molecular weight excluding hydrogens is 146 g/mol. The first-order chi connectivity index (χ1) is 5.70. The normalized spacial score (nSPS) is 9.92. The molecule has 0 atom stereocenters. The molecule has 0 spiro atoms. The number of hydrogen-bond acceptors (Lipinski definition) is 1. The van der Waals surface area contributed by atoms with Crippen molar-refractivity contribution in [3.63, 3.8) is 0 Å². The highest BCUT2D eigenvalue weighted by Crippen LogP contribution is 2.08. The molecule has 1 heteroatoms. The highest BCUT2D eigenvalue weighted by atomic mass is 14.9. The van der Waals surface area contributed by atoms with Gasteiger partial charge in [0.15, 0.2) is 0 Å². The average Bonchev–Trinajstić information content (AvgIpc) is 2.05. The minimum absolute atomic E-state index is 0.442. The number of hydrogen-bond donors (Lipinski definition) is 1. The van der Waals surface area contributed by atoms with Crippen LogP contribution in [0.3, 0.4) is 0 Å². The Labute approximate surface area is 74.1 Å². The SMILES string of the molecule is C=C(NC(C)C)c1ccccc1. The molecule has 0 fully saturated rings. The molecule has 12 heavy (non-hydrogen) atoms. The summed E-state index contributed by atoms with van der Waals surface area (Å²) in [5.41, 5.74) is 2.15. The second-order valence-corrected chi connectivity index (χ2v) is 3.14. The monoisotopic (exact) mass is 161 g/mol. The molecule has 0 aliphatic rings. The van der Waals surface area contributed by atoms with Gasteiger partial charge in [-0.3, -0.25) is 0 Å². The van der Waals surface area contributed by atoms with Crippen molar-refractivity contribution in [3.05, 3.63) is 42.5 Å². The van der Waals surface area contributed by atoms with Gasteiger partial charge in [-0.15, -0.1) is 0 Å². The van der Waals surface area contributed by atoms with Crippen molar-refractivity contribution in [1.29, 1.82) is 0 Å². The average molecular weight is 161 g/mol. The third-order valence-electron chi connectivity index (χ3n) is 1.59. The summed E-state index contributed by atoms with van der Waals surface area (Å²) in [6.07, 6.45) is 0. The van der Waals surface area contributed by atoms with Crippen LogP contribution in [-0.4, -0.2) is 6.04 Å². The van der Waals surface area contributed by atoms with Crippen LogP contribution in [0.15, 0.2) is 36.9 Å². The molecule has 1 aromatic rings. The van der Waals surface area contributed by atoms with E-state index in [9.17, 15) is 0 Å². The van der Waals surface area contributed by atoms with Gasteiger partial charge in [0.1, 0.15) is 0 Å². The Morgan fingerprint density at radius 1 is 1.25 bits per heavy atom. The molecular formula is C11H15N. The van der Waals surface area contributed by atoms with E-state index in [1.54, 1.807) is 0 Å². The van der Waals surface area contributed by atoms with Crippen LogP contribution >= 0.6 is 0 Å². The van der Waals surface area contributed by atoms with Crippen LogP contribution in [0.1, 0.15) is 19.4 Å². The Kier molecular flexibility index (Phi) is 2.92. The predicted molar refractivity (Wildman–Crippen MR) is 53.7 cm³/mol. The molecule has 0 radical (unpaired) electrons. The molecule has 1 rings (SSSR count). The van der Waals surface area contributed by atoms with E-state index in [-0.39, 0.29) is 0 Å². The highest BCUT2D eigenvalue weighted by Gasteiger charge is 1.97. The van der Waals surface area contributed by atoms with Gasteiger partial charge in [-0.1, -0.05) is 36.9 Å². The van der Waals surface area contributed by atoms with Gasteiger partial charge in [-0.25, -0.2) is 0 Å². The molecule has 0 bridgehead atoms. The van der Waals surface area contributed by atoms with Crippen LogP contribution in [0.25, 0.3) is 5.70 Å². The molecule has 0 aromatic heterocycles. The Balaban J connectivity index is 2.66. The quantitative estimate of drug-likeness (QED) is 0.718. The Bertz CT molecular complexity index is 249. The maximum absolute atomic E-state index is 3.95. The van der Waals surface area contributed by atoms with E-state index >= 15 is 0 Å². The summed E-state index contributed by atoms with van der Waals surface area (Å²) < 4.78 is 0. The Morgan fingerprint density at radius 2 is 1.83 bits per heavy atom. The van der Waals surface area contributed by atoms with Crippen molar-refractivity contribution in [1.82, 2.24) is 5.32 Å². The lowest BCUT2D eigenvalue weighted by atomic mass is 10.1. The van der Waals surface area contributed by atoms with Crippen molar-refractivity contribution in [3.8, 4) is 0 Å². The third-order valence-corrected chi connectivity index (χ3v) is 1.59. The van der Waals surface area contributed by atoms with Crippen molar-refractivity contribution in [2.75, 3.05) is 0 Å². The van der Waals surface area contributed by atoms with Crippen LogP contribution in [0.4, 0.5) is 0 Å². The molecule has 0 heterocycles. The molecule has 1 nitrogen and oxygen atoms in total. The van der Waals surface area contributed by atoms with E-state index in [1.165, 1.54) is 0 Å². The first-order valence-corrected chi connectivity index (χ1v) is 4.21. The van der Waals surface area contributed by atoms with Gasteiger partial charge in [0, 0.05) is 11.7 Å². The number of nitrogens with one attached hydrogen (secondary N) is 1. The molecule has 1 N–H and O–H groups in total. The fraction of sp³-hybridized carbons (Fsp3) is 0.273. The van der Waals surface area contributed by atoms with Gasteiger partial charge in [0.2, 0.25) is 0 Å². The molecule has 0 amide bonds.